The first-order valence-electron chi connectivity index (χ1n) is 10.7. The Bertz CT molecular complexity index is 373. The fraction of sp³-hybridized carbons (Fsp3) is 0.950. The lowest BCUT2D eigenvalue weighted by atomic mass is 9.98. The van der Waals surface area contributed by atoms with Crippen molar-refractivity contribution in [2.45, 2.75) is 76.9 Å². The smallest absolute Gasteiger partial charge is 0.191 e. The molecule has 2 N–H and O–H groups in total. The molecule has 2 rings (SSSR count). The molecule has 0 atom stereocenters. The molecule has 0 unspecified atom stereocenters. The summed E-state index contributed by atoms with van der Waals surface area (Å²) in [6.07, 6.45) is 11.4. The van der Waals surface area contributed by atoms with E-state index in [9.17, 15) is 0 Å². The molecule has 1 aliphatic heterocycles. The molecule has 0 bridgehead atoms. The van der Waals surface area contributed by atoms with Gasteiger partial charge in [-0.3, -0.25) is 4.99 Å². The Morgan fingerprint density at radius 2 is 1.59 bits per heavy atom. The maximum atomic E-state index is 5.97. The third kappa shape index (κ3) is 12.1. The van der Waals surface area contributed by atoms with Crippen LogP contribution < -0.4 is 10.6 Å². The Morgan fingerprint density at radius 3 is 2.30 bits per heavy atom. The van der Waals surface area contributed by atoms with Gasteiger partial charge in [-0.05, 0) is 45.4 Å². The van der Waals surface area contributed by atoms with E-state index in [4.69, 9.17) is 14.2 Å². The Hall–Kier alpha value is -0.120. The summed E-state index contributed by atoms with van der Waals surface area (Å²) >= 11 is 0. The van der Waals surface area contributed by atoms with Crippen molar-refractivity contribution in [2.24, 2.45) is 4.99 Å². The molecule has 7 heteroatoms. The Morgan fingerprint density at radius 1 is 0.926 bits per heavy atom. The zero-order valence-corrected chi connectivity index (χ0v) is 19.4. The lowest BCUT2D eigenvalue weighted by Gasteiger charge is -2.22. The van der Waals surface area contributed by atoms with Gasteiger partial charge in [-0.15, -0.1) is 24.0 Å². The van der Waals surface area contributed by atoms with E-state index >= 15 is 0 Å². The van der Waals surface area contributed by atoms with Gasteiger partial charge in [-0.1, -0.05) is 19.3 Å². The maximum absolute atomic E-state index is 5.97. The normalized spacial score (nSPS) is 19.5. The van der Waals surface area contributed by atoms with Gasteiger partial charge in [0.25, 0.3) is 0 Å². The average molecular weight is 497 g/mol. The molecule has 0 radical (unpaired) electrons. The first-order chi connectivity index (χ1) is 12.9. The summed E-state index contributed by atoms with van der Waals surface area (Å²) in [6.45, 7) is 7.96. The van der Waals surface area contributed by atoms with Crippen LogP contribution in [-0.4, -0.2) is 64.2 Å². The summed E-state index contributed by atoms with van der Waals surface area (Å²) in [6, 6.07) is 0. The fourth-order valence-electron chi connectivity index (χ4n) is 3.45. The number of nitrogens with one attached hydrogen (secondary N) is 2. The molecule has 1 aliphatic carbocycles. The second-order valence-electron chi connectivity index (χ2n) is 7.21. The van der Waals surface area contributed by atoms with Crippen LogP contribution in [0.4, 0.5) is 0 Å². The highest BCUT2D eigenvalue weighted by molar-refractivity contribution is 14.0. The van der Waals surface area contributed by atoms with Crippen LogP contribution in [0, 0.1) is 0 Å². The highest BCUT2D eigenvalue weighted by Crippen LogP contribution is 2.20. The van der Waals surface area contributed by atoms with Crippen molar-refractivity contribution in [1.82, 2.24) is 10.6 Å². The largest absolute Gasteiger partial charge is 0.381 e. The van der Waals surface area contributed by atoms with Gasteiger partial charge in [0.05, 0.1) is 12.2 Å². The molecule has 0 aromatic rings. The molecule has 160 valence electrons. The van der Waals surface area contributed by atoms with Gasteiger partial charge < -0.3 is 24.8 Å². The molecule has 0 aromatic heterocycles. The summed E-state index contributed by atoms with van der Waals surface area (Å²) in [4.78, 5) is 4.63. The van der Waals surface area contributed by atoms with Gasteiger partial charge >= 0.3 is 0 Å². The molecule has 0 amide bonds. The van der Waals surface area contributed by atoms with Crippen molar-refractivity contribution in [3.63, 3.8) is 0 Å². The molecule has 6 nitrogen and oxygen atoms in total. The van der Waals surface area contributed by atoms with Crippen LogP contribution >= 0.6 is 24.0 Å². The van der Waals surface area contributed by atoms with Crippen molar-refractivity contribution in [3.05, 3.63) is 0 Å². The molecular weight excluding hydrogens is 457 g/mol. The predicted molar refractivity (Wildman–Crippen MR) is 121 cm³/mol. The summed E-state index contributed by atoms with van der Waals surface area (Å²) in [5.74, 6) is 0.899. The molecule has 2 aliphatic rings. The number of ether oxygens (including phenoxy) is 3. The summed E-state index contributed by atoms with van der Waals surface area (Å²) in [7, 11) is 0. The zero-order valence-electron chi connectivity index (χ0n) is 17.0. The number of guanidine groups is 1. The van der Waals surface area contributed by atoms with E-state index in [0.717, 1.165) is 77.7 Å². The van der Waals surface area contributed by atoms with Crippen molar-refractivity contribution >= 4 is 29.9 Å². The first kappa shape index (κ1) is 24.9. The van der Waals surface area contributed by atoms with Gasteiger partial charge in [0.15, 0.2) is 5.96 Å². The van der Waals surface area contributed by atoms with Crippen molar-refractivity contribution in [1.29, 1.82) is 0 Å². The van der Waals surface area contributed by atoms with Crippen LogP contribution in [0.2, 0.25) is 0 Å². The minimum absolute atomic E-state index is 0. The topological polar surface area (TPSA) is 64.1 Å². The van der Waals surface area contributed by atoms with Crippen LogP contribution in [0.25, 0.3) is 0 Å². The van der Waals surface area contributed by atoms with E-state index in [0.29, 0.717) is 12.2 Å². The first-order valence-corrected chi connectivity index (χ1v) is 10.7. The Labute approximate surface area is 182 Å². The summed E-state index contributed by atoms with van der Waals surface area (Å²) in [5, 5.41) is 6.70. The number of hydrogen-bond acceptors (Lipinski definition) is 4. The molecule has 0 spiro atoms. The SMILES string of the molecule is CCNC(=NCCCOC1CCOCC1)NCCCOC1CCCCC1.I. The minimum atomic E-state index is 0. The lowest BCUT2D eigenvalue weighted by molar-refractivity contribution is -0.0318. The molecule has 1 heterocycles. The number of aliphatic imine (C=N–C) groups is 1. The Kier molecular flexibility index (Phi) is 15.5. The molecule has 1 saturated carbocycles. The highest BCUT2D eigenvalue weighted by atomic mass is 127. The fourth-order valence-corrected chi connectivity index (χ4v) is 3.45. The van der Waals surface area contributed by atoms with Crippen LogP contribution in [0.3, 0.4) is 0 Å². The van der Waals surface area contributed by atoms with Gasteiger partial charge in [-0.2, -0.15) is 0 Å². The van der Waals surface area contributed by atoms with E-state index in [2.05, 4.69) is 22.5 Å². The van der Waals surface area contributed by atoms with E-state index in [1.807, 2.05) is 0 Å². The maximum Gasteiger partial charge on any atom is 0.191 e. The number of hydrogen-bond donors (Lipinski definition) is 2. The zero-order chi connectivity index (χ0) is 18.3. The van der Waals surface area contributed by atoms with Gasteiger partial charge in [0, 0.05) is 46.1 Å². The Balaban J connectivity index is 0.00000364. The molecule has 2 fully saturated rings. The van der Waals surface area contributed by atoms with E-state index < -0.39 is 0 Å². The third-order valence-corrected chi connectivity index (χ3v) is 4.96. The van der Waals surface area contributed by atoms with Crippen LogP contribution in [0.15, 0.2) is 4.99 Å². The van der Waals surface area contributed by atoms with Crippen LogP contribution in [0.5, 0.6) is 0 Å². The number of rotatable bonds is 11. The monoisotopic (exact) mass is 497 g/mol. The molecule has 27 heavy (non-hydrogen) atoms. The van der Waals surface area contributed by atoms with Crippen molar-refractivity contribution in [3.8, 4) is 0 Å². The lowest BCUT2D eigenvalue weighted by Crippen LogP contribution is -2.38. The second kappa shape index (κ2) is 16.8. The van der Waals surface area contributed by atoms with E-state index in [-0.39, 0.29) is 24.0 Å². The van der Waals surface area contributed by atoms with Crippen molar-refractivity contribution in [2.75, 3.05) is 46.1 Å². The average Bonchev–Trinajstić information content (AvgIpc) is 2.69. The molecule has 1 saturated heterocycles. The standard InChI is InChI=1S/C20H39N3O3.HI/c1-2-21-20(22-12-6-14-25-18-8-4-3-5-9-18)23-13-7-15-26-19-10-16-24-17-11-19;/h18-19H,2-17H2,1H3,(H2,21,22,23);1H. The number of halogens is 1. The van der Waals surface area contributed by atoms with Gasteiger partial charge in [-0.25, -0.2) is 0 Å². The van der Waals surface area contributed by atoms with Gasteiger partial charge in [0.2, 0.25) is 0 Å². The predicted octanol–water partition coefficient (Wildman–Crippen LogP) is 3.48. The second-order valence-corrected chi connectivity index (χ2v) is 7.21. The molecule has 0 aromatic carbocycles. The quantitative estimate of drug-likeness (QED) is 0.198. The summed E-state index contributed by atoms with van der Waals surface area (Å²) in [5.41, 5.74) is 0. The van der Waals surface area contributed by atoms with E-state index in [1.165, 1.54) is 32.1 Å². The van der Waals surface area contributed by atoms with E-state index in [1.54, 1.807) is 0 Å². The highest BCUT2D eigenvalue weighted by Gasteiger charge is 2.14. The minimum Gasteiger partial charge on any atom is -0.381 e. The third-order valence-electron chi connectivity index (χ3n) is 4.96. The van der Waals surface area contributed by atoms with Crippen LogP contribution in [-0.2, 0) is 14.2 Å². The van der Waals surface area contributed by atoms with Gasteiger partial charge in [0.1, 0.15) is 0 Å². The van der Waals surface area contributed by atoms with Crippen molar-refractivity contribution < 1.29 is 14.2 Å². The number of nitrogens with zero attached hydrogens (tertiary/aromatic N) is 1. The summed E-state index contributed by atoms with van der Waals surface area (Å²) < 4.78 is 17.2. The molecular formula is C20H40IN3O3. The van der Waals surface area contributed by atoms with Crippen LogP contribution in [0.1, 0.15) is 64.7 Å².